The normalized spacial score (nSPS) is 11.2. The first kappa shape index (κ1) is 14.7. The molecule has 0 unspecified atom stereocenters. The maximum absolute atomic E-state index is 13.2. The molecule has 0 amide bonds. The summed E-state index contributed by atoms with van der Waals surface area (Å²) in [4.78, 5) is 0. The van der Waals surface area contributed by atoms with E-state index in [-0.39, 0.29) is 0 Å². The molecule has 1 aromatic carbocycles. The molecule has 0 spiro atoms. The first-order valence-electron chi connectivity index (χ1n) is 6.71. The van der Waals surface area contributed by atoms with E-state index >= 15 is 0 Å². The van der Waals surface area contributed by atoms with Gasteiger partial charge in [-0.3, -0.25) is 4.68 Å². The fourth-order valence-electron chi connectivity index (χ4n) is 2.02. The Morgan fingerprint density at radius 1 is 1.20 bits per heavy atom. The molecular weight excluding hydrogens is 260 g/mol. The maximum Gasteiger partial charge on any atom is 0.126 e. The van der Waals surface area contributed by atoms with E-state index in [1.807, 2.05) is 6.07 Å². The van der Waals surface area contributed by atoms with Crippen molar-refractivity contribution in [1.82, 2.24) is 15.1 Å². The largest absolute Gasteiger partial charge is 0.311 e. The van der Waals surface area contributed by atoms with Gasteiger partial charge < -0.3 is 5.32 Å². The molecule has 0 atom stereocenters. The lowest BCUT2D eigenvalue weighted by Crippen LogP contribution is -2.21. The minimum absolute atomic E-state index is 0.361. The van der Waals surface area contributed by atoms with E-state index < -0.39 is 11.6 Å². The van der Waals surface area contributed by atoms with Crippen LogP contribution in [0.3, 0.4) is 0 Å². The van der Waals surface area contributed by atoms with E-state index in [2.05, 4.69) is 24.3 Å². The highest BCUT2D eigenvalue weighted by Gasteiger charge is 2.06. The molecule has 0 bridgehead atoms. The summed E-state index contributed by atoms with van der Waals surface area (Å²) in [5.74, 6) is -0.554. The van der Waals surface area contributed by atoms with Crippen molar-refractivity contribution in [1.29, 1.82) is 0 Å². The van der Waals surface area contributed by atoms with Crippen molar-refractivity contribution in [3.05, 3.63) is 53.4 Å². The molecule has 1 aromatic heterocycles. The molecule has 20 heavy (non-hydrogen) atoms. The number of rotatable bonds is 6. The van der Waals surface area contributed by atoms with Crippen molar-refractivity contribution in [2.75, 3.05) is 6.54 Å². The van der Waals surface area contributed by atoms with Crippen LogP contribution >= 0.6 is 0 Å². The maximum atomic E-state index is 13.2. The summed E-state index contributed by atoms with van der Waals surface area (Å²) < 4.78 is 28.1. The van der Waals surface area contributed by atoms with Gasteiger partial charge in [-0.15, -0.1) is 0 Å². The van der Waals surface area contributed by atoms with E-state index in [4.69, 9.17) is 0 Å². The van der Waals surface area contributed by atoms with E-state index in [1.165, 1.54) is 12.1 Å². The molecule has 0 aliphatic heterocycles. The van der Waals surface area contributed by atoms with Crippen molar-refractivity contribution in [2.24, 2.45) is 5.92 Å². The van der Waals surface area contributed by atoms with Crippen LogP contribution in [0, 0.1) is 17.6 Å². The molecule has 1 N–H and O–H groups in total. The van der Waals surface area contributed by atoms with Gasteiger partial charge in [-0.2, -0.15) is 5.10 Å². The quantitative estimate of drug-likeness (QED) is 0.881. The van der Waals surface area contributed by atoms with Gasteiger partial charge in [0.15, 0.2) is 0 Å². The predicted octanol–water partition coefficient (Wildman–Crippen LogP) is 2.96. The van der Waals surface area contributed by atoms with Crippen LogP contribution in [0.4, 0.5) is 8.78 Å². The first-order valence-corrected chi connectivity index (χ1v) is 6.71. The Balaban J connectivity index is 2.04. The Bertz CT molecular complexity index is 544. The van der Waals surface area contributed by atoms with Gasteiger partial charge in [0, 0.05) is 18.8 Å². The van der Waals surface area contributed by atoms with Gasteiger partial charge in [0.25, 0.3) is 0 Å². The third kappa shape index (κ3) is 4.13. The SMILES string of the molecule is CC(C)CNCc1ccnn1Cc1cc(F)cc(F)c1. The van der Waals surface area contributed by atoms with E-state index in [0.717, 1.165) is 18.3 Å². The van der Waals surface area contributed by atoms with Crippen LogP contribution in [0.1, 0.15) is 25.1 Å². The number of nitrogens with zero attached hydrogens (tertiary/aromatic N) is 2. The Hall–Kier alpha value is -1.75. The van der Waals surface area contributed by atoms with Crippen molar-refractivity contribution < 1.29 is 8.78 Å². The molecule has 0 aliphatic carbocycles. The lowest BCUT2D eigenvalue weighted by atomic mass is 10.2. The molecule has 5 heteroatoms. The Labute approximate surface area is 117 Å². The lowest BCUT2D eigenvalue weighted by molar-refractivity contribution is 0.527. The summed E-state index contributed by atoms with van der Waals surface area (Å²) in [5, 5.41) is 7.53. The highest BCUT2D eigenvalue weighted by Crippen LogP contribution is 2.10. The zero-order valence-corrected chi connectivity index (χ0v) is 11.7. The number of hydrogen-bond donors (Lipinski definition) is 1. The Kier molecular flexibility index (Phi) is 4.84. The van der Waals surface area contributed by atoms with Gasteiger partial charge in [-0.25, -0.2) is 8.78 Å². The zero-order chi connectivity index (χ0) is 14.5. The standard InChI is InChI=1S/C15H19F2N3/c1-11(2)8-18-9-15-3-4-19-20(15)10-12-5-13(16)7-14(17)6-12/h3-7,11,18H,8-10H2,1-2H3. The van der Waals surface area contributed by atoms with Crippen molar-refractivity contribution in [2.45, 2.75) is 26.9 Å². The molecule has 0 saturated heterocycles. The number of nitrogens with one attached hydrogen (secondary N) is 1. The first-order chi connectivity index (χ1) is 9.54. The zero-order valence-electron chi connectivity index (χ0n) is 11.7. The van der Waals surface area contributed by atoms with Crippen LogP contribution in [-0.4, -0.2) is 16.3 Å². The fourth-order valence-corrected chi connectivity index (χ4v) is 2.02. The summed E-state index contributed by atoms with van der Waals surface area (Å²) in [7, 11) is 0. The number of benzene rings is 1. The second kappa shape index (κ2) is 6.61. The van der Waals surface area contributed by atoms with E-state index in [9.17, 15) is 8.78 Å². The third-order valence-corrected chi connectivity index (χ3v) is 2.92. The van der Waals surface area contributed by atoms with Crippen LogP contribution in [-0.2, 0) is 13.1 Å². The van der Waals surface area contributed by atoms with Gasteiger partial charge in [0.2, 0.25) is 0 Å². The third-order valence-electron chi connectivity index (χ3n) is 2.92. The van der Waals surface area contributed by atoms with Gasteiger partial charge in [0.05, 0.1) is 12.2 Å². The van der Waals surface area contributed by atoms with Crippen molar-refractivity contribution >= 4 is 0 Å². The molecule has 0 saturated carbocycles. The highest BCUT2D eigenvalue weighted by atomic mass is 19.1. The molecule has 0 radical (unpaired) electrons. The van der Waals surface area contributed by atoms with Crippen LogP contribution in [0.2, 0.25) is 0 Å². The fraction of sp³-hybridized carbons (Fsp3) is 0.400. The summed E-state index contributed by atoms with van der Waals surface area (Å²) >= 11 is 0. The molecule has 0 fully saturated rings. The topological polar surface area (TPSA) is 29.9 Å². The molecule has 2 aromatic rings. The lowest BCUT2D eigenvalue weighted by Gasteiger charge is -2.10. The molecule has 2 rings (SSSR count). The van der Waals surface area contributed by atoms with Crippen LogP contribution in [0.5, 0.6) is 0 Å². The highest BCUT2D eigenvalue weighted by molar-refractivity contribution is 5.18. The van der Waals surface area contributed by atoms with Crippen LogP contribution < -0.4 is 5.32 Å². The van der Waals surface area contributed by atoms with Gasteiger partial charge >= 0.3 is 0 Å². The summed E-state index contributed by atoms with van der Waals surface area (Å²) in [6.07, 6.45) is 1.70. The monoisotopic (exact) mass is 279 g/mol. The molecule has 1 heterocycles. The van der Waals surface area contributed by atoms with Gasteiger partial charge in [-0.1, -0.05) is 13.8 Å². The average molecular weight is 279 g/mol. The molecule has 108 valence electrons. The van der Waals surface area contributed by atoms with Crippen LogP contribution in [0.25, 0.3) is 0 Å². The molecule has 0 aliphatic rings. The molecule has 3 nitrogen and oxygen atoms in total. The van der Waals surface area contributed by atoms with Crippen molar-refractivity contribution in [3.63, 3.8) is 0 Å². The predicted molar refractivity (Wildman–Crippen MR) is 74.2 cm³/mol. The van der Waals surface area contributed by atoms with E-state index in [0.29, 0.717) is 24.6 Å². The minimum Gasteiger partial charge on any atom is -0.311 e. The second-order valence-electron chi connectivity index (χ2n) is 5.28. The molecular formula is C15H19F2N3. The Morgan fingerprint density at radius 2 is 1.90 bits per heavy atom. The van der Waals surface area contributed by atoms with Gasteiger partial charge in [0.1, 0.15) is 11.6 Å². The number of aromatic nitrogens is 2. The number of hydrogen-bond acceptors (Lipinski definition) is 2. The van der Waals surface area contributed by atoms with Crippen LogP contribution in [0.15, 0.2) is 30.5 Å². The minimum atomic E-state index is -0.563. The van der Waals surface area contributed by atoms with Gasteiger partial charge in [-0.05, 0) is 36.2 Å². The average Bonchev–Trinajstić information content (AvgIpc) is 2.75. The summed E-state index contributed by atoms with van der Waals surface area (Å²) in [6.45, 7) is 6.25. The second-order valence-corrected chi connectivity index (χ2v) is 5.28. The summed E-state index contributed by atoms with van der Waals surface area (Å²) in [5.41, 5.74) is 1.56. The smallest absolute Gasteiger partial charge is 0.126 e. The number of halogens is 2. The van der Waals surface area contributed by atoms with Crippen molar-refractivity contribution in [3.8, 4) is 0 Å². The summed E-state index contributed by atoms with van der Waals surface area (Å²) in [6, 6.07) is 5.44. The Morgan fingerprint density at radius 3 is 2.55 bits per heavy atom. The van der Waals surface area contributed by atoms with E-state index in [1.54, 1.807) is 10.9 Å².